The van der Waals surface area contributed by atoms with Gasteiger partial charge in [-0.05, 0) is 59.7 Å². The Morgan fingerprint density at radius 2 is 1.05 bits per heavy atom. The van der Waals surface area contributed by atoms with Crippen molar-refractivity contribution in [2.24, 2.45) is 0 Å². The molecule has 0 aliphatic carbocycles. The van der Waals surface area contributed by atoms with E-state index in [1.165, 1.54) is 11.1 Å². The Labute approximate surface area is 228 Å². The molecule has 40 heavy (non-hydrogen) atoms. The zero-order valence-electron chi connectivity index (χ0n) is 21.9. The maximum absolute atomic E-state index is 13.9. The molecule has 0 saturated heterocycles. The van der Waals surface area contributed by atoms with Gasteiger partial charge in [-0.15, -0.1) is 0 Å². The topological polar surface area (TPSA) is 63.7 Å². The van der Waals surface area contributed by atoms with Crippen LogP contribution in [0.5, 0.6) is 0 Å². The van der Waals surface area contributed by atoms with E-state index in [1.54, 1.807) is 30.3 Å². The highest BCUT2D eigenvalue weighted by molar-refractivity contribution is 6.04. The van der Waals surface area contributed by atoms with Crippen LogP contribution in [0.25, 0.3) is 43.9 Å². The van der Waals surface area contributed by atoms with Crippen LogP contribution in [0.4, 0.5) is 17.1 Å². The smallest absolute Gasteiger partial charge is 0.200 e. The summed E-state index contributed by atoms with van der Waals surface area (Å²) in [5.74, 6) is 0. The Hall–Kier alpha value is -5.16. The Bertz CT molecular complexity index is 2260. The van der Waals surface area contributed by atoms with Gasteiger partial charge in [0.25, 0.3) is 0 Å². The Kier molecular flexibility index (Phi) is 4.52. The van der Waals surface area contributed by atoms with Gasteiger partial charge < -0.3 is 13.7 Å². The number of para-hydroxylation sites is 4. The molecule has 3 heterocycles. The molecule has 7 aromatic rings. The molecule has 5 aromatic carbocycles. The molecule has 1 aliphatic rings. The predicted octanol–water partition coefficient (Wildman–Crippen LogP) is 8.31. The third-order valence-electron chi connectivity index (χ3n) is 8.25. The van der Waals surface area contributed by atoms with E-state index in [-0.39, 0.29) is 16.3 Å². The van der Waals surface area contributed by atoms with Gasteiger partial charge in [-0.1, -0.05) is 68.4 Å². The zero-order chi connectivity index (χ0) is 27.2. The van der Waals surface area contributed by atoms with Crippen LogP contribution in [0, 0.1) is 0 Å². The van der Waals surface area contributed by atoms with Gasteiger partial charge in [0.15, 0.2) is 5.58 Å². The van der Waals surface area contributed by atoms with Gasteiger partial charge in [-0.2, -0.15) is 0 Å². The summed E-state index contributed by atoms with van der Waals surface area (Å²) in [6.45, 7) is 4.47. The number of hydrogen-bond donors (Lipinski definition) is 0. The molecule has 2 aromatic heterocycles. The van der Waals surface area contributed by atoms with Crippen molar-refractivity contribution in [3.05, 3.63) is 135 Å². The first kappa shape index (κ1) is 22.8. The Balaban J connectivity index is 1.47. The fourth-order valence-corrected chi connectivity index (χ4v) is 6.26. The van der Waals surface area contributed by atoms with Crippen molar-refractivity contribution >= 4 is 60.9 Å². The molecule has 0 N–H and O–H groups in total. The van der Waals surface area contributed by atoms with E-state index in [1.807, 2.05) is 36.4 Å². The zero-order valence-corrected chi connectivity index (χ0v) is 21.9. The van der Waals surface area contributed by atoms with Crippen molar-refractivity contribution < 1.29 is 8.83 Å². The van der Waals surface area contributed by atoms with Crippen LogP contribution >= 0.6 is 0 Å². The average molecular weight is 522 g/mol. The minimum atomic E-state index is -0.211. The second-order valence-corrected chi connectivity index (χ2v) is 10.9. The lowest BCUT2D eigenvalue weighted by molar-refractivity contribution is 0.630. The maximum Gasteiger partial charge on any atom is 0.200 e. The largest absolute Gasteiger partial charge is 0.456 e. The summed E-state index contributed by atoms with van der Waals surface area (Å²) in [6.07, 6.45) is 0. The van der Waals surface area contributed by atoms with Gasteiger partial charge in [-0.3, -0.25) is 9.59 Å². The van der Waals surface area contributed by atoms with Gasteiger partial charge in [0, 0.05) is 5.41 Å². The first-order valence-electron chi connectivity index (χ1n) is 13.3. The molecule has 0 unspecified atom stereocenters. The molecule has 5 heteroatoms. The third kappa shape index (κ3) is 2.97. The molecule has 5 nitrogen and oxygen atoms in total. The molecular formula is C35H23NO4. The molecule has 0 fully saturated rings. The molecule has 192 valence electrons. The number of anilines is 3. The molecule has 0 spiro atoms. The molecule has 0 saturated carbocycles. The fraction of sp³-hybridized carbons (Fsp3) is 0.0857. The summed E-state index contributed by atoms with van der Waals surface area (Å²) in [5.41, 5.74) is 6.32. The monoisotopic (exact) mass is 521 g/mol. The van der Waals surface area contributed by atoms with Crippen LogP contribution in [-0.4, -0.2) is 0 Å². The Morgan fingerprint density at radius 3 is 1.75 bits per heavy atom. The first-order valence-corrected chi connectivity index (χ1v) is 13.3. The van der Waals surface area contributed by atoms with Crippen molar-refractivity contribution in [1.82, 2.24) is 0 Å². The lowest BCUT2D eigenvalue weighted by atomic mass is 9.73. The van der Waals surface area contributed by atoms with E-state index in [9.17, 15) is 9.59 Å². The highest BCUT2D eigenvalue weighted by Crippen LogP contribution is 2.52. The van der Waals surface area contributed by atoms with E-state index in [0.717, 1.165) is 17.1 Å². The number of nitrogens with zero attached hydrogens (tertiary/aromatic N) is 1. The number of hydrogen-bond acceptors (Lipinski definition) is 5. The molecule has 0 atom stereocenters. The first-order chi connectivity index (χ1) is 19.4. The summed E-state index contributed by atoms with van der Waals surface area (Å²) in [6, 6.07) is 32.8. The highest BCUT2D eigenvalue weighted by Gasteiger charge is 2.37. The SMILES string of the molecule is CC1(C)c2ccccc2N(c2cccc3c(=O)c4cc5oc6ccccc6c(=O)c5cc4oc23)c2ccccc21. The van der Waals surface area contributed by atoms with Crippen LogP contribution in [0.3, 0.4) is 0 Å². The standard InChI is InChI=1S/C35H23NO4/c1-35(2)24-12-4-6-14-26(24)36(27-15-7-5-13-25(27)35)28-16-9-11-21-33(38)23-18-30-22(19-31(23)40-34(21)28)32(37)20-10-3-8-17-29(20)39-30/h3-19H,1-2H3. The number of benzene rings is 5. The van der Waals surface area contributed by atoms with E-state index in [0.29, 0.717) is 43.9 Å². The second-order valence-electron chi connectivity index (χ2n) is 10.9. The summed E-state index contributed by atoms with van der Waals surface area (Å²) < 4.78 is 12.6. The summed E-state index contributed by atoms with van der Waals surface area (Å²) >= 11 is 0. The normalized spacial score (nSPS) is 14.1. The second kappa shape index (κ2) is 7.93. The van der Waals surface area contributed by atoms with E-state index >= 15 is 0 Å². The van der Waals surface area contributed by atoms with Gasteiger partial charge in [0.2, 0.25) is 10.9 Å². The highest BCUT2D eigenvalue weighted by atomic mass is 16.3. The number of fused-ring (bicyclic) bond motifs is 6. The fourth-order valence-electron chi connectivity index (χ4n) is 6.26. The number of rotatable bonds is 1. The molecule has 0 amide bonds. The van der Waals surface area contributed by atoms with E-state index in [4.69, 9.17) is 8.83 Å². The van der Waals surface area contributed by atoms with Gasteiger partial charge in [0.05, 0.1) is 38.6 Å². The third-order valence-corrected chi connectivity index (χ3v) is 8.25. The Morgan fingerprint density at radius 1 is 0.525 bits per heavy atom. The van der Waals surface area contributed by atoms with Crippen molar-refractivity contribution in [2.75, 3.05) is 4.90 Å². The van der Waals surface area contributed by atoms with E-state index in [2.05, 4.69) is 55.1 Å². The summed E-state index contributed by atoms with van der Waals surface area (Å²) in [5, 5.41) is 1.70. The summed E-state index contributed by atoms with van der Waals surface area (Å²) in [7, 11) is 0. The van der Waals surface area contributed by atoms with Gasteiger partial charge in [0.1, 0.15) is 16.7 Å². The lowest BCUT2D eigenvalue weighted by Gasteiger charge is -2.41. The predicted molar refractivity (Wildman–Crippen MR) is 160 cm³/mol. The minimum Gasteiger partial charge on any atom is -0.456 e. The summed E-state index contributed by atoms with van der Waals surface area (Å²) in [4.78, 5) is 29.4. The molecule has 1 aliphatic heterocycles. The van der Waals surface area contributed by atoms with Gasteiger partial charge >= 0.3 is 0 Å². The van der Waals surface area contributed by atoms with Crippen LogP contribution < -0.4 is 15.8 Å². The lowest BCUT2D eigenvalue weighted by Crippen LogP contribution is -2.30. The maximum atomic E-state index is 13.9. The molecule has 0 radical (unpaired) electrons. The van der Waals surface area contributed by atoms with Crippen molar-refractivity contribution in [3.63, 3.8) is 0 Å². The molecular weight excluding hydrogens is 498 g/mol. The average Bonchev–Trinajstić information content (AvgIpc) is 2.98. The molecule has 8 rings (SSSR count). The van der Waals surface area contributed by atoms with Crippen molar-refractivity contribution in [1.29, 1.82) is 0 Å². The minimum absolute atomic E-state index is 0.157. The quantitative estimate of drug-likeness (QED) is 0.203. The van der Waals surface area contributed by atoms with Crippen LogP contribution in [-0.2, 0) is 5.41 Å². The van der Waals surface area contributed by atoms with Crippen LogP contribution in [0.2, 0.25) is 0 Å². The van der Waals surface area contributed by atoms with Crippen LogP contribution in [0.1, 0.15) is 25.0 Å². The van der Waals surface area contributed by atoms with Crippen molar-refractivity contribution in [2.45, 2.75) is 19.3 Å². The van der Waals surface area contributed by atoms with Crippen LogP contribution in [0.15, 0.2) is 122 Å². The van der Waals surface area contributed by atoms with E-state index < -0.39 is 0 Å². The van der Waals surface area contributed by atoms with Crippen molar-refractivity contribution in [3.8, 4) is 0 Å². The molecule has 0 bridgehead atoms. The van der Waals surface area contributed by atoms with Gasteiger partial charge in [-0.25, -0.2) is 0 Å².